The van der Waals surface area contributed by atoms with Crippen molar-refractivity contribution in [3.05, 3.63) is 47.5 Å². The minimum absolute atomic E-state index is 0.0405. The number of ether oxygens (including phenoxy) is 4. The molecule has 1 saturated heterocycles. The molecule has 3 rings (SSSR count). The molecule has 2 amide bonds. The number of phenols is 2. The molecule has 12 heteroatoms. The third-order valence-corrected chi connectivity index (χ3v) is 4.95. The Morgan fingerprint density at radius 3 is 1.35 bits per heavy atom. The summed E-state index contributed by atoms with van der Waals surface area (Å²) in [4.78, 5) is 51.0. The fourth-order valence-corrected chi connectivity index (χ4v) is 3.11. The van der Waals surface area contributed by atoms with Gasteiger partial charge in [0.25, 0.3) is 0 Å². The highest BCUT2D eigenvalue weighted by Gasteiger charge is 2.27. The molecular weight excluding hydrogens is 452 g/mol. The van der Waals surface area contributed by atoms with Gasteiger partial charge in [0.1, 0.15) is 34.1 Å². The van der Waals surface area contributed by atoms with Gasteiger partial charge in [-0.25, -0.2) is 19.2 Å². The van der Waals surface area contributed by atoms with Crippen LogP contribution in [-0.2, 0) is 9.47 Å². The summed E-state index contributed by atoms with van der Waals surface area (Å²) in [5.41, 5.74) is -0.296. The second-order valence-electron chi connectivity index (χ2n) is 7.05. The average Bonchev–Trinajstić information content (AvgIpc) is 2.85. The van der Waals surface area contributed by atoms with Crippen molar-refractivity contribution in [3.8, 4) is 23.0 Å². The van der Waals surface area contributed by atoms with Gasteiger partial charge in [-0.15, -0.1) is 0 Å². The lowest BCUT2D eigenvalue weighted by molar-refractivity contribution is 0.0587. The van der Waals surface area contributed by atoms with Crippen LogP contribution in [0, 0.1) is 0 Å². The highest BCUT2D eigenvalue weighted by molar-refractivity contribution is 5.93. The summed E-state index contributed by atoms with van der Waals surface area (Å²) in [5, 5.41) is 19.5. The van der Waals surface area contributed by atoms with Gasteiger partial charge in [0.15, 0.2) is 0 Å². The van der Waals surface area contributed by atoms with Crippen molar-refractivity contribution >= 4 is 24.1 Å². The molecule has 0 saturated carbocycles. The number of carbonyl (C=O) groups excluding carboxylic acids is 4. The number of esters is 2. The highest BCUT2D eigenvalue weighted by atomic mass is 16.6. The number of carbonyl (C=O) groups is 4. The Hall–Kier alpha value is -4.48. The van der Waals surface area contributed by atoms with Crippen molar-refractivity contribution in [2.45, 2.75) is 0 Å². The first kappa shape index (κ1) is 24.2. The van der Waals surface area contributed by atoms with E-state index in [2.05, 4.69) is 9.47 Å². The molecule has 0 radical (unpaired) electrons. The maximum Gasteiger partial charge on any atom is 0.415 e. The van der Waals surface area contributed by atoms with Crippen LogP contribution < -0.4 is 9.47 Å². The number of nitrogens with zero attached hydrogens (tertiary/aromatic N) is 2. The molecule has 180 valence electrons. The van der Waals surface area contributed by atoms with Crippen molar-refractivity contribution in [2.24, 2.45) is 0 Å². The van der Waals surface area contributed by atoms with Crippen LogP contribution in [0.5, 0.6) is 23.0 Å². The van der Waals surface area contributed by atoms with Crippen LogP contribution in [0.3, 0.4) is 0 Å². The van der Waals surface area contributed by atoms with Gasteiger partial charge in [0.2, 0.25) is 0 Å². The first-order valence-electron chi connectivity index (χ1n) is 9.99. The van der Waals surface area contributed by atoms with Crippen LogP contribution in [0.2, 0.25) is 0 Å². The number of rotatable bonds is 4. The predicted octanol–water partition coefficient (Wildman–Crippen LogP) is 1.99. The van der Waals surface area contributed by atoms with Crippen LogP contribution in [0.4, 0.5) is 9.59 Å². The number of hydrogen-bond donors (Lipinski definition) is 2. The maximum atomic E-state index is 12.5. The summed E-state index contributed by atoms with van der Waals surface area (Å²) >= 11 is 0. The second-order valence-corrected chi connectivity index (χ2v) is 7.05. The Morgan fingerprint density at radius 1 is 0.676 bits per heavy atom. The number of benzene rings is 2. The average molecular weight is 474 g/mol. The number of amides is 2. The SMILES string of the molecule is COC(=O)c1cc(OC(=O)N2CCN(C(=O)Oc3ccc(O)c(C(=O)OC)c3)CC2)ccc1O. The maximum absolute atomic E-state index is 12.5. The normalized spacial score (nSPS) is 13.1. The summed E-state index contributed by atoms with van der Waals surface area (Å²) in [7, 11) is 2.31. The Labute approximate surface area is 193 Å². The van der Waals surface area contributed by atoms with Gasteiger partial charge in [-0.05, 0) is 36.4 Å². The molecule has 34 heavy (non-hydrogen) atoms. The van der Waals surface area contributed by atoms with E-state index in [0.717, 1.165) is 14.2 Å². The molecule has 2 aromatic rings. The zero-order valence-electron chi connectivity index (χ0n) is 18.3. The van der Waals surface area contributed by atoms with Crippen molar-refractivity contribution in [3.63, 3.8) is 0 Å². The Balaban J connectivity index is 1.56. The van der Waals surface area contributed by atoms with Gasteiger partial charge in [-0.2, -0.15) is 0 Å². The zero-order valence-corrected chi connectivity index (χ0v) is 18.3. The number of hydrogen-bond acceptors (Lipinski definition) is 10. The molecule has 1 heterocycles. The monoisotopic (exact) mass is 474 g/mol. The van der Waals surface area contributed by atoms with E-state index in [0.29, 0.717) is 0 Å². The fourth-order valence-electron chi connectivity index (χ4n) is 3.11. The standard InChI is InChI=1S/C22H22N2O10/c1-31-19(27)15-11-13(3-5-17(15)25)33-21(29)23-7-9-24(10-8-23)22(30)34-14-4-6-18(26)16(12-14)20(28)32-2/h3-6,11-12,25-26H,7-10H2,1-2H3. The van der Waals surface area contributed by atoms with E-state index in [-0.39, 0.29) is 60.3 Å². The van der Waals surface area contributed by atoms with Crippen LogP contribution in [0.1, 0.15) is 20.7 Å². The quantitative estimate of drug-likeness (QED) is 0.629. The zero-order chi connectivity index (χ0) is 24.8. The van der Waals surface area contributed by atoms with Crippen LogP contribution in [0.15, 0.2) is 36.4 Å². The highest BCUT2D eigenvalue weighted by Crippen LogP contribution is 2.25. The van der Waals surface area contributed by atoms with Crippen molar-refractivity contribution in [1.82, 2.24) is 9.80 Å². The lowest BCUT2D eigenvalue weighted by Crippen LogP contribution is -2.52. The summed E-state index contributed by atoms with van der Waals surface area (Å²) in [6.45, 7) is 0.607. The molecule has 2 N–H and O–H groups in total. The summed E-state index contributed by atoms with van der Waals surface area (Å²) in [5.74, 6) is -2.11. The van der Waals surface area contributed by atoms with Gasteiger partial charge in [-0.3, -0.25) is 0 Å². The number of methoxy groups -OCH3 is 2. The Bertz CT molecular complexity index is 1020. The van der Waals surface area contributed by atoms with Gasteiger partial charge in [-0.1, -0.05) is 0 Å². The molecule has 1 aliphatic heterocycles. The lowest BCUT2D eigenvalue weighted by Gasteiger charge is -2.33. The molecule has 0 aliphatic carbocycles. The van der Waals surface area contributed by atoms with E-state index in [1.807, 2.05) is 0 Å². The molecule has 1 aliphatic rings. The minimum atomic E-state index is -0.783. The van der Waals surface area contributed by atoms with E-state index in [1.165, 1.54) is 46.2 Å². The smallest absolute Gasteiger partial charge is 0.415 e. The van der Waals surface area contributed by atoms with Crippen LogP contribution in [0.25, 0.3) is 0 Å². The lowest BCUT2D eigenvalue weighted by atomic mass is 10.2. The third kappa shape index (κ3) is 5.46. The van der Waals surface area contributed by atoms with Gasteiger partial charge in [0, 0.05) is 26.2 Å². The van der Waals surface area contributed by atoms with Gasteiger partial charge >= 0.3 is 24.1 Å². The van der Waals surface area contributed by atoms with Crippen molar-refractivity contribution in [2.75, 3.05) is 40.4 Å². The summed E-state index contributed by atoms with van der Waals surface area (Å²) in [6, 6.07) is 7.44. The number of phenolic OH excluding ortho intramolecular Hbond substituents is 2. The van der Waals surface area contributed by atoms with Crippen LogP contribution in [-0.4, -0.2) is 84.5 Å². The van der Waals surface area contributed by atoms with E-state index < -0.39 is 24.1 Å². The predicted molar refractivity (Wildman–Crippen MR) is 114 cm³/mol. The van der Waals surface area contributed by atoms with E-state index in [1.54, 1.807) is 0 Å². The first-order chi connectivity index (χ1) is 16.2. The van der Waals surface area contributed by atoms with Gasteiger partial charge < -0.3 is 39.0 Å². The second kappa shape index (κ2) is 10.4. The number of piperazine rings is 1. The molecule has 0 unspecified atom stereocenters. The summed E-state index contributed by atoms with van der Waals surface area (Å²) < 4.78 is 19.6. The third-order valence-electron chi connectivity index (χ3n) is 4.95. The fraction of sp³-hybridized carbons (Fsp3) is 0.273. The van der Waals surface area contributed by atoms with E-state index >= 15 is 0 Å². The van der Waals surface area contributed by atoms with Gasteiger partial charge in [0.05, 0.1) is 14.2 Å². The molecular formula is C22H22N2O10. The molecule has 12 nitrogen and oxygen atoms in total. The van der Waals surface area contributed by atoms with Crippen molar-refractivity contribution in [1.29, 1.82) is 0 Å². The van der Waals surface area contributed by atoms with Crippen LogP contribution >= 0.6 is 0 Å². The minimum Gasteiger partial charge on any atom is -0.507 e. The largest absolute Gasteiger partial charge is 0.507 e. The summed E-state index contributed by atoms with van der Waals surface area (Å²) in [6.07, 6.45) is -1.40. The van der Waals surface area contributed by atoms with E-state index in [4.69, 9.17) is 9.47 Å². The Kier molecular flexibility index (Phi) is 7.41. The molecule has 0 atom stereocenters. The molecule has 0 bridgehead atoms. The molecule has 1 fully saturated rings. The first-order valence-corrected chi connectivity index (χ1v) is 9.99. The molecule has 2 aromatic carbocycles. The van der Waals surface area contributed by atoms with Crippen molar-refractivity contribution < 1.29 is 48.3 Å². The van der Waals surface area contributed by atoms with E-state index in [9.17, 15) is 29.4 Å². The number of aromatic hydroxyl groups is 2. The topological polar surface area (TPSA) is 152 Å². The Morgan fingerprint density at radius 2 is 1.03 bits per heavy atom. The molecule has 0 spiro atoms. The molecule has 0 aromatic heterocycles.